The summed E-state index contributed by atoms with van der Waals surface area (Å²) in [6.45, 7) is 1.91. The van der Waals surface area contributed by atoms with Crippen molar-refractivity contribution < 1.29 is 18.0 Å². The number of rotatable bonds is 7. The summed E-state index contributed by atoms with van der Waals surface area (Å²) in [5.74, 6) is -0.141. The van der Waals surface area contributed by atoms with Gasteiger partial charge in [0.15, 0.2) is 20.8 Å². The maximum absolute atomic E-state index is 12.9. The van der Waals surface area contributed by atoms with Crippen molar-refractivity contribution in [1.82, 2.24) is 4.98 Å². The van der Waals surface area contributed by atoms with E-state index in [1.165, 1.54) is 6.20 Å². The Morgan fingerprint density at radius 2 is 1.97 bits per heavy atom. The number of hydrogen-bond acceptors (Lipinski definition) is 7. The van der Waals surface area contributed by atoms with Crippen molar-refractivity contribution in [1.29, 1.82) is 0 Å². The highest BCUT2D eigenvalue weighted by Gasteiger charge is 2.26. The highest BCUT2D eigenvalue weighted by Crippen LogP contribution is 2.31. The molecule has 1 aliphatic carbocycles. The van der Waals surface area contributed by atoms with Crippen molar-refractivity contribution in [3.05, 3.63) is 35.5 Å². The van der Waals surface area contributed by atoms with Gasteiger partial charge in [0.1, 0.15) is 4.21 Å². The molecule has 1 saturated carbocycles. The molecular weight excluding hydrogens is 412 g/mol. The molecule has 0 aliphatic heterocycles. The predicted octanol–water partition coefficient (Wildman–Crippen LogP) is 3.20. The Morgan fingerprint density at radius 3 is 2.66 bits per heavy atom. The Bertz CT molecular complexity index is 1010. The highest BCUT2D eigenvalue weighted by atomic mass is 32.2. The van der Waals surface area contributed by atoms with Gasteiger partial charge in [-0.05, 0) is 31.9 Å². The number of aryl methyl sites for hydroxylation is 1. The average Bonchev–Trinajstić information content (AvgIpc) is 3.35. The summed E-state index contributed by atoms with van der Waals surface area (Å²) < 4.78 is 24.1. The number of ketones is 1. The second-order valence-corrected chi connectivity index (χ2v) is 10.4. The largest absolute Gasteiger partial charge is 0.329 e. The van der Waals surface area contributed by atoms with E-state index in [2.05, 4.69) is 15.6 Å². The van der Waals surface area contributed by atoms with Crippen LogP contribution in [0.1, 0.15) is 41.6 Å². The number of nitrogens with two attached hydrogens (primary N) is 1. The molecule has 0 bridgehead atoms. The summed E-state index contributed by atoms with van der Waals surface area (Å²) in [5, 5.41) is 5.36. The number of nitrogens with one attached hydrogen (secondary N) is 2. The first kappa shape index (κ1) is 21.4. The number of carbonyl (C=O) groups is 2. The summed E-state index contributed by atoms with van der Waals surface area (Å²) in [4.78, 5) is 29.2. The summed E-state index contributed by atoms with van der Waals surface area (Å²) in [5.41, 5.74) is 7.18. The van der Waals surface area contributed by atoms with Crippen molar-refractivity contribution >= 4 is 43.8 Å². The fourth-order valence-electron chi connectivity index (χ4n) is 3.35. The molecule has 4 N–H and O–H groups in total. The molecule has 1 aromatic heterocycles. The smallest absolute Gasteiger partial charge is 0.325 e. The van der Waals surface area contributed by atoms with Crippen molar-refractivity contribution in [3.8, 4) is 0 Å². The Balaban J connectivity index is 1.73. The number of hydrogen-bond donors (Lipinski definition) is 3. The molecule has 10 heteroatoms. The molecule has 2 amide bonds. The number of benzene rings is 1. The molecule has 0 radical (unpaired) electrons. The Kier molecular flexibility index (Phi) is 6.66. The van der Waals surface area contributed by atoms with Gasteiger partial charge >= 0.3 is 6.03 Å². The fourth-order valence-corrected chi connectivity index (χ4v) is 5.61. The molecule has 0 atom stereocenters. The molecule has 0 saturated heterocycles. The summed E-state index contributed by atoms with van der Waals surface area (Å²) >= 11 is 0.859. The van der Waals surface area contributed by atoms with Crippen LogP contribution in [0.4, 0.5) is 15.6 Å². The second kappa shape index (κ2) is 9.02. The minimum Gasteiger partial charge on any atom is -0.329 e. The van der Waals surface area contributed by atoms with E-state index in [1.807, 2.05) is 13.0 Å². The quantitative estimate of drug-likeness (QED) is 0.571. The maximum Gasteiger partial charge on any atom is 0.325 e. The third-order valence-electron chi connectivity index (χ3n) is 4.81. The molecule has 1 aromatic carbocycles. The lowest BCUT2D eigenvalue weighted by molar-refractivity contribution is 0.0923. The average molecular weight is 437 g/mol. The lowest BCUT2D eigenvalue weighted by Crippen LogP contribution is -2.22. The topological polar surface area (TPSA) is 131 Å². The van der Waals surface area contributed by atoms with E-state index in [4.69, 9.17) is 5.73 Å². The van der Waals surface area contributed by atoms with E-state index in [0.29, 0.717) is 11.3 Å². The van der Waals surface area contributed by atoms with Gasteiger partial charge in [-0.1, -0.05) is 35.8 Å². The van der Waals surface area contributed by atoms with E-state index in [1.54, 1.807) is 12.1 Å². The van der Waals surface area contributed by atoms with Crippen LogP contribution in [-0.4, -0.2) is 37.5 Å². The van der Waals surface area contributed by atoms with Crippen LogP contribution in [-0.2, 0) is 9.84 Å². The van der Waals surface area contributed by atoms with E-state index >= 15 is 0 Å². The van der Waals surface area contributed by atoms with Gasteiger partial charge in [-0.25, -0.2) is 18.2 Å². The van der Waals surface area contributed by atoms with Gasteiger partial charge in [-0.15, -0.1) is 0 Å². The van der Waals surface area contributed by atoms with Gasteiger partial charge in [0, 0.05) is 18.0 Å². The molecule has 1 heterocycles. The minimum atomic E-state index is -3.50. The first-order chi connectivity index (χ1) is 13.8. The van der Waals surface area contributed by atoms with Gasteiger partial charge in [-0.2, -0.15) is 0 Å². The number of sulfone groups is 1. The van der Waals surface area contributed by atoms with Gasteiger partial charge in [0.25, 0.3) is 0 Å². The van der Waals surface area contributed by atoms with E-state index < -0.39 is 15.9 Å². The van der Waals surface area contributed by atoms with Crippen LogP contribution in [0.2, 0.25) is 0 Å². The number of nitrogens with zero attached hydrogens (tertiary/aromatic N) is 1. The third-order valence-corrected chi connectivity index (χ3v) is 8.02. The van der Waals surface area contributed by atoms with Gasteiger partial charge in [0.05, 0.1) is 17.6 Å². The minimum absolute atomic E-state index is 0.00492. The zero-order valence-electron chi connectivity index (χ0n) is 16.1. The SMILES string of the molecule is Cc1ccc(NC(=O)Nc2ncc(S(=O)(=O)CCN)s2)c(C(=O)C2CCCC2)c1. The van der Waals surface area contributed by atoms with E-state index in [9.17, 15) is 18.0 Å². The van der Waals surface area contributed by atoms with Crippen LogP contribution >= 0.6 is 11.3 Å². The number of carbonyl (C=O) groups excluding carboxylic acids is 2. The van der Waals surface area contributed by atoms with Crippen LogP contribution < -0.4 is 16.4 Å². The Morgan fingerprint density at radius 1 is 1.24 bits per heavy atom. The van der Waals surface area contributed by atoms with Crippen LogP contribution in [0.25, 0.3) is 0 Å². The normalized spacial score (nSPS) is 14.7. The van der Waals surface area contributed by atoms with Crippen molar-refractivity contribution in [2.24, 2.45) is 11.7 Å². The molecule has 0 unspecified atom stereocenters. The summed E-state index contributed by atoms with van der Waals surface area (Å²) in [7, 11) is -3.50. The lowest BCUT2D eigenvalue weighted by Gasteiger charge is -2.14. The first-order valence-electron chi connectivity index (χ1n) is 9.41. The lowest BCUT2D eigenvalue weighted by atomic mass is 9.94. The number of urea groups is 1. The van der Waals surface area contributed by atoms with Crippen LogP contribution in [0.5, 0.6) is 0 Å². The van der Waals surface area contributed by atoms with Crippen molar-refractivity contribution in [2.45, 2.75) is 36.8 Å². The van der Waals surface area contributed by atoms with Gasteiger partial charge in [-0.3, -0.25) is 10.1 Å². The van der Waals surface area contributed by atoms with Gasteiger partial charge < -0.3 is 11.1 Å². The van der Waals surface area contributed by atoms with Gasteiger partial charge in [0.2, 0.25) is 0 Å². The first-order valence-corrected chi connectivity index (χ1v) is 11.9. The molecule has 1 fully saturated rings. The summed E-state index contributed by atoms with van der Waals surface area (Å²) in [6, 6.07) is 4.72. The van der Waals surface area contributed by atoms with Crippen LogP contribution in [0.3, 0.4) is 0 Å². The van der Waals surface area contributed by atoms with Crippen LogP contribution in [0, 0.1) is 12.8 Å². The Hall–Kier alpha value is -2.30. The molecule has 3 rings (SSSR count). The van der Waals surface area contributed by atoms with Crippen molar-refractivity contribution in [3.63, 3.8) is 0 Å². The molecule has 2 aromatic rings. The van der Waals surface area contributed by atoms with E-state index in [-0.39, 0.29) is 33.3 Å². The molecule has 29 heavy (non-hydrogen) atoms. The zero-order chi connectivity index (χ0) is 21.0. The zero-order valence-corrected chi connectivity index (χ0v) is 17.7. The second-order valence-electron chi connectivity index (χ2n) is 7.07. The number of aromatic nitrogens is 1. The number of anilines is 2. The molecule has 8 nitrogen and oxygen atoms in total. The van der Waals surface area contributed by atoms with Crippen LogP contribution in [0.15, 0.2) is 28.6 Å². The molecular formula is C19H24N4O4S2. The monoisotopic (exact) mass is 436 g/mol. The third kappa shape index (κ3) is 5.20. The highest BCUT2D eigenvalue weighted by molar-refractivity contribution is 7.93. The number of amides is 2. The molecule has 1 aliphatic rings. The Labute approximate surface area is 173 Å². The van der Waals surface area contributed by atoms with E-state index in [0.717, 1.165) is 42.6 Å². The van der Waals surface area contributed by atoms with Crippen molar-refractivity contribution in [2.75, 3.05) is 22.9 Å². The standard InChI is InChI=1S/C19H24N4O4S2/c1-12-6-7-15(14(10-12)17(24)13-4-2-3-5-13)22-18(25)23-19-21-11-16(28-19)29(26,27)9-8-20/h6-7,10-11,13H,2-5,8-9,20H2,1H3,(H2,21,22,23,25). The molecule has 156 valence electrons. The number of Topliss-reactive ketones (excluding diaryl/α,β-unsaturated/α-hetero) is 1. The number of thiazole rings is 1. The maximum atomic E-state index is 12.9. The predicted molar refractivity (Wildman–Crippen MR) is 113 cm³/mol. The molecule has 0 spiro atoms. The fraction of sp³-hybridized carbons (Fsp3) is 0.421. The summed E-state index contributed by atoms with van der Waals surface area (Å²) in [6.07, 6.45) is 5.04.